The van der Waals surface area contributed by atoms with E-state index >= 15 is 0 Å². The molecule has 2 rings (SSSR count). The average molecular weight is 291 g/mol. The van der Waals surface area contributed by atoms with Crippen molar-refractivity contribution in [1.29, 1.82) is 0 Å². The van der Waals surface area contributed by atoms with Crippen molar-refractivity contribution in [3.63, 3.8) is 0 Å². The summed E-state index contributed by atoms with van der Waals surface area (Å²) < 4.78 is 11.1. The fraction of sp³-hybridized carbons (Fsp3) is 0.588. The quantitative estimate of drug-likeness (QED) is 0.738. The predicted molar refractivity (Wildman–Crippen MR) is 82.7 cm³/mol. The summed E-state index contributed by atoms with van der Waals surface area (Å²) in [5.41, 5.74) is 0. The zero-order chi connectivity index (χ0) is 15.2. The predicted octanol–water partition coefficient (Wildman–Crippen LogP) is 3.25. The molecule has 1 aromatic rings. The van der Waals surface area contributed by atoms with Crippen molar-refractivity contribution >= 4 is 5.91 Å². The highest BCUT2D eigenvalue weighted by molar-refractivity contribution is 5.78. The Balaban J connectivity index is 1.83. The lowest BCUT2D eigenvalue weighted by Crippen LogP contribution is -2.41. The van der Waals surface area contributed by atoms with Gasteiger partial charge in [0, 0.05) is 12.1 Å². The third-order valence-corrected chi connectivity index (χ3v) is 3.44. The summed E-state index contributed by atoms with van der Waals surface area (Å²) in [5, 5.41) is 0. The number of rotatable bonds is 8. The van der Waals surface area contributed by atoms with Gasteiger partial charge in [-0.3, -0.25) is 4.79 Å². The van der Waals surface area contributed by atoms with Crippen LogP contribution in [0.3, 0.4) is 0 Å². The number of benzene rings is 1. The summed E-state index contributed by atoms with van der Waals surface area (Å²) in [6.07, 6.45) is 3.22. The van der Waals surface area contributed by atoms with Gasteiger partial charge in [0.05, 0.1) is 6.61 Å². The van der Waals surface area contributed by atoms with Gasteiger partial charge in [0.2, 0.25) is 0 Å². The molecule has 1 saturated carbocycles. The van der Waals surface area contributed by atoms with Crippen LogP contribution in [0, 0.1) is 0 Å². The van der Waals surface area contributed by atoms with Crippen LogP contribution in [0.4, 0.5) is 0 Å². The van der Waals surface area contributed by atoms with Gasteiger partial charge in [0.25, 0.3) is 5.91 Å². The van der Waals surface area contributed by atoms with Crippen LogP contribution in [-0.2, 0) is 4.79 Å². The number of ether oxygens (including phenoxy) is 2. The van der Waals surface area contributed by atoms with Crippen molar-refractivity contribution in [1.82, 2.24) is 4.90 Å². The van der Waals surface area contributed by atoms with Crippen LogP contribution in [0.5, 0.6) is 11.5 Å². The molecule has 1 aromatic carbocycles. The third-order valence-electron chi connectivity index (χ3n) is 3.44. The van der Waals surface area contributed by atoms with E-state index in [1.165, 1.54) is 0 Å². The Labute approximate surface area is 127 Å². The second kappa shape index (κ2) is 7.34. The maximum Gasteiger partial charge on any atom is 0.260 e. The minimum absolute atomic E-state index is 0.0683. The molecule has 0 aliphatic heterocycles. The fourth-order valence-electron chi connectivity index (χ4n) is 2.34. The Hall–Kier alpha value is -1.71. The zero-order valence-corrected chi connectivity index (χ0v) is 13.2. The summed E-state index contributed by atoms with van der Waals surface area (Å²) in [6.45, 7) is 6.99. The average Bonchev–Trinajstić information content (AvgIpc) is 3.28. The zero-order valence-electron chi connectivity index (χ0n) is 13.2. The third kappa shape index (κ3) is 4.66. The molecule has 0 N–H and O–H groups in total. The van der Waals surface area contributed by atoms with Gasteiger partial charge in [-0.25, -0.2) is 0 Å². The summed E-state index contributed by atoms with van der Waals surface area (Å²) in [5.74, 6) is 1.60. The van der Waals surface area contributed by atoms with Gasteiger partial charge in [0.15, 0.2) is 6.61 Å². The van der Waals surface area contributed by atoms with Crippen LogP contribution in [0.2, 0.25) is 0 Å². The topological polar surface area (TPSA) is 38.8 Å². The van der Waals surface area contributed by atoms with Gasteiger partial charge in [-0.05, 0) is 57.4 Å². The molecule has 116 valence electrons. The molecular weight excluding hydrogens is 266 g/mol. The Morgan fingerprint density at radius 2 is 1.76 bits per heavy atom. The lowest BCUT2D eigenvalue weighted by Gasteiger charge is -2.26. The van der Waals surface area contributed by atoms with E-state index in [0.717, 1.165) is 25.0 Å². The minimum Gasteiger partial charge on any atom is -0.494 e. The Kier molecular flexibility index (Phi) is 5.48. The Morgan fingerprint density at radius 1 is 1.19 bits per heavy atom. The van der Waals surface area contributed by atoms with E-state index in [1.807, 2.05) is 29.2 Å². The number of hydrogen-bond donors (Lipinski definition) is 0. The molecule has 0 unspecified atom stereocenters. The first-order chi connectivity index (χ1) is 10.1. The monoisotopic (exact) mass is 291 g/mol. The highest BCUT2D eigenvalue weighted by Crippen LogP contribution is 2.28. The number of carbonyl (C=O) groups is 1. The summed E-state index contributed by atoms with van der Waals surface area (Å²) >= 11 is 0. The first-order valence-electron chi connectivity index (χ1n) is 7.78. The normalized spacial score (nSPS) is 14.1. The van der Waals surface area contributed by atoms with Gasteiger partial charge in [0.1, 0.15) is 11.5 Å². The van der Waals surface area contributed by atoms with E-state index in [9.17, 15) is 4.79 Å². The van der Waals surface area contributed by atoms with E-state index in [1.54, 1.807) is 0 Å². The molecular formula is C17H25NO3. The molecule has 1 aliphatic rings. The molecule has 0 radical (unpaired) electrons. The molecule has 0 bridgehead atoms. The van der Waals surface area contributed by atoms with Crippen molar-refractivity contribution in [2.75, 3.05) is 13.2 Å². The minimum atomic E-state index is 0.0683. The maximum atomic E-state index is 12.2. The SMILES string of the molecule is CCCOc1ccc(OCC(=O)N(C(C)C)C2CC2)cc1. The van der Waals surface area contributed by atoms with Crippen LogP contribution >= 0.6 is 0 Å². The number of amides is 1. The van der Waals surface area contributed by atoms with Crippen molar-refractivity contribution in [2.24, 2.45) is 0 Å². The number of hydrogen-bond acceptors (Lipinski definition) is 3. The summed E-state index contributed by atoms with van der Waals surface area (Å²) in [7, 11) is 0. The molecule has 0 heterocycles. The van der Waals surface area contributed by atoms with E-state index < -0.39 is 0 Å². The van der Waals surface area contributed by atoms with Crippen LogP contribution in [0.1, 0.15) is 40.0 Å². The second-order valence-corrected chi connectivity index (χ2v) is 5.73. The van der Waals surface area contributed by atoms with Gasteiger partial charge < -0.3 is 14.4 Å². The highest BCUT2D eigenvalue weighted by Gasteiger charge is 2.34. The van der Waals surface area contributed by atoms with E-state index in [2.05, 4.69) is 20.8 Å². The maximum absolute atomic E-state index is 12.2. The van der Waals surface area contributed by atoms with Crippen molar-refractivity contribution in [3.8, 4) is 11.5 Å². The largest absolute Gasteiger partial charge is 0.494 e. The van der Waals surface area contributed by atoms with Crippen molar-refractivity contribution in [3.05, 3.63) is 24.3 Å². The van der Waals surface area contributed by atoms with Gasteiger partial charge in [-0.15, -0.1) is 0 Å². The van der Waals surface area contributed by atoms with Crippen LogP contribution in [0.15, 0.2) is 24.3 Å². The number of nitrogens with zero attached hydrogens (tertiary/aromatic N) is 1. The van der Waals surface area contributed by atoms with Crippen LogP contribution in [0.25, 0.3) is 0 Å². The standard InChI is InChI=1S/C17H25NO3/c1-4-11-20-15-7-9-16(10-8-15)21-12-17(19)18(13(2)3)14-5-6-14/h7-10,13-14H,4-6,11-12H2,1-3H3. The summed E-state index contributed by atoms with van der Waals surface area (Å²) in [6, 6.07) is 8.08. The van der Waals surface area contributed by atoms with Gasteiger partial charge in [-0.1, -0.05) is 6.92 Å². The van der Waals surface area contributed by atoms with Crippen LogP contribution < -0.4 is 9.47 Å². The smallest absolute Gasteiger partial charge is 0.260 e. The molecule has 0 saturated heterocycles. The Morgan fingerprint density at radius 3 is 2.24 bits per heavy atom. The van der Waals surface area contributed by atoms with E-state index in [-0.39, 0.29) is 18.6 Å². The highest BCUT2D eigenvalue weighted by atomic mass is 16.5. The molecule has 4 nitrogen and oxygen atoms in total. The summed E-state index contributed by atoms with van der Waals surface area (Å²) in [4.78, 5) is 14.2. The van der Waals surface area contributed by atoms with E-state index in [4.69, 9.17) is 9.47 Å². The lowest BCUT2D eigenvalue weighted by molar-refractivity contribution is -0.135. The van der Waals surface area contributed by atoms with Gasteiger partial charge in [-0.2, -0.15) is 0 Å². The van der Waals surface area contributed by atoms with Crippen molar-refractivity contribution in [2.45, 2.75) is 52.1 Å². The molecule has 4 heteroatoms. The second-order valence-electron chi connectivity index (χ2n) is 5.73. The lowest BCUT2D eigenvalue weighted by atomic mass is 10.3. The van der Waals surface area contributed by atoms with Crippen LogP contribution in [-0.4, -0.2) is 36.1 Å². The molecule has 1 fully saturated rings. The Bertz CT molecular complexity index is 450. The molecule has 0 atom stereocenters. The molecule has 0 aromatic heterocycles. The van der Waals surface area contributed by atoms with Gasteiger partial charge >= 0.3 is 0 Å². The number of carbonyl (C=O) groups excluding carboxylic acids is 1. The van der Waals surface area contributed by atoms with Crippen molar-refractivity contribution < 1.29 is 14.3 Å². The molecule has 21 heavy (non-hydrogen) atoms. The fourth-order valence-corrected chi connectivity index (χ4v) is 2.34. The first kappa shape index (κ1) is 15.7. The van der Waals surface area contributed by atoms with E-state index in [0.29, 0.717) is 18.4 Å². The molecule has 1 amide bonds. The molecule has 1 aliphatic carbocycles. The molecule has 0 spiro atoms. The first-order valence-corrected chi connectivity index (χ1v) is 7.78.